The highest BCUT2D eigenvalue weighted by Crippen LogP contribution is 2.39. The van der Waals surface area contributed by atoms with Crippen molar-refractivity contribution in [2.24, 2.45) is 0 Å². The minimum absolute atomic E-state index is 2.08. The number of allylic oxidation sites excluding steroid dienone is 6. The number of carbonyl (C=O) groups excluding carboxylic acids is 1. The summed E-state index contributed by atoms with van der Waals surface area (Å²) in [5.74, 6) is -19.7. The van der Waals surface area contributed by atoms with Crippen molar-refractivity contribution in [3.63, 3.8) is 0 Å². The Morgan fingerprint density at radius 2 is 1.12 bits per heavy atom. The first-order chi connectivity index (χ1) is 12.0. The lowest BCUT2D eigenvalue weighted by atomic mass is 10.1. The molecule has 0 radical (unpaired) electrons. The summed E-state index contributed by atoms with van der Waals surface area (Å²) in [5.41, 5.74) is 0. The molecule has 0 aromatic rings. The van der Waals surface area contributed by atoms with Gasteiger partial charge >= 0.3 is 6.16 Å². The minimum atomic E-state index is -3.41. The van der Waals surface area contributed by atoms with Gasteiger partial charge in [-0.25, -0.2) is 44.3 Å². The van der Waals surface area contributed by atoms with Crippen molar-refractivity contribution >= 4 is 6.16 Å². The highest BCUT2D eigenvalue weighted by Gasteiger charge is 2.46. The molecule has 0 amide bonds. The van der Waals surface area contributed by atoms with Crippen LogP contribution in [0.1, 0.15) is 0 Å². The third-order valence-electron chi connectivity index (χ3n) is 3.15. The Labute approximate surface area is 136 Å². The molecule has 0 bridgehead atoms. The van der Waals surface area contributed by atoms with Crippen molar-refractivity contribution < 1.29 is 58.2 Å². The maximum absolute atomic E-state index is 13.4. The Bertz CT molecular complexity index is 768. The Morgan fingerprint density at radius 1 is 0.654 bits per heavy atom. The summed E-state index contributed by atoms with van der Waals surface area (Å²) in [4.78, 5) is 11.3. The first-order valence-corrected chi connectivity index (χ1v) is 6.35. The summed E-state index contributed by atoms with van der Waals surface area (Å²) in [6.45, 7) is 0. The van der Waals surface area contributed by atoms with Gasteiger partial charge in [0.1, 0.15) is 0 Å². The largest absolute Gasteiger partial charge is 0.514 e. The molecule has 4 unspecified atom stereocenters. The number of rotatable bonds is 2. The Kier molecular flexibility index (Phi) is 5.37. The van der Waals surface area contributed by atoms with Crippen LogP contribution in [0.3, 0.4) is 0 Å². The lowest BCUT2D eigenvalue weighted by molar-refractivity contribution is 0.000608. The average molecular weight is 398 g/mol. The second-order valence-corrected chi connectivity index (χ2v) is 4.76. The van der Waals surface area contributed by atoms with Gasteiger partial charge in [-0.2, -0.15) is 4.39 Å². The molecule has 2 aliphatic carbocycles. The zero-order valence-corrected chi connectivity index (χ0v) is 11.8. The molecule has 0 saturated carbocycles. The smallest absolute Gasteiger partial charge is 0.420 e. The van der Waals surface area contributed by atoms with E-state index in [1.54, 1.807) is 0 Å². The van der Waals surface area contributed by atoms with Crippen LogP contribution in [0.25, 0.3) is 0 Å². The lowest BCUT2D eigenvalue weighted by Crippen LogP contribution is -2.35. The third-order valence-corrected chi connectivity index (χ3v) is 3.15. The summed E-state index contributed by atoms with van der Waals surface area (Å²) in [5, 5.41) is 0. The van der Waals surface area contributed by atoms with E-state index in [9.17, 15) is 48.7 Å². The van der Waals surface area contributed by atoms with E-state index in [0.29, 0.717) is 0 Å². The van der Waals surface area contributed by atoms with Gasteiger partial charge in [0.15, 0.2) is 65.3 Å². The molecule has 0 aromatic heterocycles. The molecule has 0 saturated heterocycles. The van der Waals surface area contributed by atoms with E-state index in [1.165, 1.54) is 0 Å². The van der Waals surface area contributed by atoms with Gasteiger partial charge in [0.05, 0.1) is 0 Å². The van der Waals surface area contributed by atoms with E-state index < -0.39 is 77.3 Å². The Morgan fingerprint density at radius 3 is 1.69 bits per heavy atom. The van der Waals surface area contributed by atoms with Gasteiger partial charge in [0.2, 0.25) is 5.83 Å². The molecule has 2 rings (SSSR count). The average Bonchev–Trinajstić information content (AvgIpc) is 2.62. The van der Waals surface area contributed by atoms with Crippen LogP contribution in [0.15, 0.2) is 46.5 Å². The van der Waals surface area contributed by atoms with E-state index >= 15 is 0 Å². The molecule has 144 valence electrons. The lowest BCUT2D eigenvalue weighted by Gasteiger charge is -2.24. The van der Waals surface area contributed by atoms with Gasteiger partial charge in [-0.15, -0.1) is 0 Å². The first-order valence-electron chi connectivity index (χ1n) is 6.35. The fourth-order valence-corrected chi connectivity index (χ4v) is 1.86. The molecule has 0 heterocycles. The highest BCUT2D eigenvalue weighted by molar-refractivity contribution is 5.63. The predicted octanol–water partition coefficient (Wildman–Crippen LogP) is 5.18. The second-order valence-electron chi connectivity index (χ2n) is 4.76. The number of hydrogen-bond donors (Lipinski definition) is 0. The molecule has 0 spiro atoms. The van der Waals surface area contributed by atoms with E-state index in [0.717, 1.165) is 0 Å². The van der Waals surface area contributed by atoms with E-state index in [1.807, 2.05) is 0 Å². The maximum atomic E-state index is 13.4. The van der Waals surface area contributed by atoms with Gasteiger partial charge in [-0.3, -0.25) is 0 Å². The minimum Gasteiger partial charge on any atom is -0.420 e. The Balaban J connectivity index is 2.22. The first kappa shape index (κ1) is 19.8. The van der Waals surface area contributed by atoms with E-state index in [-0.39, 0.29) is 0 Å². The van der Waals surface area contributed by atoms with Crippen molar-refractivity contribution in [1.29, 1.82) is 0 Å². The monoisotopic (exact) mass is 398 g/mol. The topological polar surface area (TPSA) is 35.5 Å². The highest BCUT2D eigenvalue weighted by atomic mass is 19.2. The predicted molar refractivity (Wildman–Crippen MR) is 61.9 cm³/mol. The van der Waals surface area contributed by atoms with Gasteiger partial charge in [-0.1, -0.05) is 0 Å². The molecular formula is C13H4F10O3. The molecule has 2 aliphatic rings. The fraction of sp³-hybridized carbons (Fsp3) is 0.308. The van der Waals surface area contributed by atoms with Crippen LogP contribution in [0.2, 0.25) is 0 Å². The summed E-state index contributed by atoms with van der Waals surface area (Å²) < 4.78 is 138. The standard InChI is InChI=1S/C13H4F10O3/c14-1-3(16)7(20)11(8(21)4(1)17)25-13(24)26-12-9(22)5(18)2(15)6(19)10(12)23/h3,7,9,12H. The normalized spacial score (nSPS) is 30.2. The number of ether oxygens (including phenoxy) is 2. The summed E-state index contributed by atoms with van der Waals surface area (Å²) in [6, 6.07) is 0. The Hall–Kier alpha value is -2.47. The molecule has 26 heavy (non-hydrogen) atoms. The number of halogens is 10. The molecule has 0 aromatic carbocycles. The number of carbonyl (C=O) groups is 1. The van der Waals surface area contributed by atoms with Crippen LogP contribution in [0, 0.1) is 0 Å². The van der Waals surface area contributed by atoms with Crippen molar-refractivity contribution in [1.82, 2.24) is 0 Å². The van der Waals surface area contributed by atoms with Crippen LogP contribution >= 0.6 is 0 Å². The van der Waals surface area contributed by atoms with Crippen molar-refractivity contribution in [3.05, 3.63) is 46.5 Å². The van der Waals surface area contributed by atoms with Gasteiger partial charge in [-0.05, 0) is 0 Å². The molecule has 0 N–H and O–H groups in total. The molecular weight excluding hydrogens is 394 g/mol. The van der Waals surface area contributed by atoms with E-state index in [4.69, 9.17) is 0 Å². The number of hydrogen-bond acceptors (Lipinski definition) is 3. The summed E-state index contributed by atoms with van der Waals surface area (Å²) in [6.07, 6.45) is -15.8. The SMILES string of the molecule is O=C(OC1=C(F)C(F)=C(F)C(F)C1F)OC1C(F)=C(F)C(F)=C(F)C1F. The maximum Gasteiger partial charge on any atom is 0.514 e. The summed E-state index contributed by atoms with van der Waals surface area (Å²) >= 11 is 0. The van der Waals surface area contributed by atoms with Gasteiger partial charge in [0, 0.05) is 0 Å². The molecule has 4 atom stereocenters. The number of alkyl halides is 3. The zero-order valence-electron chi connectivity index (χ0n) is 11.8. The van der Waals surface area contributed by atoms with Crippen LogP contribution in [0.5, 0.6) is 0 Å². The molecule has 0 aliphatic heterocycles. The zero-order chi connectivity index (χ0) is 19.9. The molecule has 13 heteroatoms. The van der Waals surface area contributed by atoms with E-state index in [2.05, 4.69) is 9.47 Å². The second kappa shape index (κ2) is 7.03. The third kappa shape index (κ3) is 3.17. The van der Waals surface area contributed by atoms with Crippen molar-refractivity contribution in [3.8, 4) is 0 Å². The quantitative estimate of drug-likeness (QED) is 0.475. The van der Waals surface area contributed by atoms with Crippen LogP contribution in [0.4, 0.5) is 48.7 Å². The summed E-state index contributed by atoms with van der Waals surface area (Å²) in [7, 11) is 0. The molecule has 0 fully saturated rings. The van der Waals surface area contributed by atoms with Crippen LogP contribution in [-0.4, -0.2) is 30.8 Å². The van der Waals surface area contributed by atoms with Crippen molar-refractivity contribution in [2.75, 3.05) is 0 Å². The molecule has 3 nitrogen and oxygen atoms in total. The van der Waals surface area contributed by atoms with Gasteiger partial charge in [0.25, 0.3) is 0 Å². The van der Waals surface area contributed by atoms with Crippen LogP contribution in [-0.2, 0) is 9.47 Å². The van der Waals surface area contributed by atoms with Crippen LogP contribution < -0.4 is 0 Å². The van der Waals surface area contributed by atoms with Gasteiger partial charge < -0.3 is 9.47 Å². The fourth-order valence-electron chi connectivity index (χ4n) is 1.86. The van der Waals surface area contributed by atoms with Crippen molar-refractivity contribution in [2.45, 2.75) is 24.6 Å².